The van der Waals surface area contributed by atoms with E-state index in [4.69, 9.17) is 9.47 Å². The molecule has 0 amide bonds. The molecule has 0 aliphatic rings. The Balaban J connectivity index is 2.24. The highest BCUT2D eigenvalue weighted by molar-refractivity contribution is 5.95. The first kappa shape index (κ1) is 20.6. The molecule has 2 unspecified atom stereocenters. The predicted molar refractivity (Wildman–Crippen MR) is 96.0 cm³/mol. The molecule has 8 heteroatoms. The van der Waals surface area contributed by atoms with Crippen LogP contribution in [0.5, 0.6) is 0 Å². The van der Waals surface area contributed by atoms with Gasteiger partial charge in [-0.3, -0.25) is 0 Å². The Hall–Kier alpha value is -3.68. The fraction of sp³-hybridized carbons (Fsp3) is 0.200. The summed E-state index contributed by atoms with van der Waals surface area (Å²) in [6.07, 6.45) is -4.45. The van der Waals surface area contributed by atoms with Crippen LogP contribution in [0.25, 0.3) is 0 Å². The lowest BCUT2D eigenvalue weighted by Gasteiger charge is -2.21. The number of hydrogen-bond donors (Lipinski definition) is 2. The second-order valence-electron chi connectivity index (χ2n) is 6.07. The number of ether oxygens (including phenoxy) is 2. The van der Waals surface area contributed by atoms with Gasteiger partial charge in [-0.15, -0.1) is 0 Å². The molecule has 0 spiro atoms. The van der Waals surface area contributed by atoms with Gasteiger partial charge in [-0.05, 0) is 38.1 Å². The number of aryl methyl sites for hydroxylation is 2. The third-order valence-electron chi connectivity index (χ3n) is 3.74. The number of carboxylic acid groups (broad SMARTS) is 2. The minimum Gasteiger partial charge on any atom is -0.478 e. The Kier molecular flexibility index (Phi) is 6.49. The molecule has 0 heterocycles. The van der Waals surface area contributed by atoms with Gasteiger partial charge in [-0.25, -0.2) is 19.2 Å². The minimum atomic E-state index is -2.22. The average molecular weight is 386 g/mol. The van der Waals surface area contributed by atoms with Gasteiger partial charge in [0.2, 0.25) is 12.2 Å². The Morgan fingerprint density at radius 2 is 1.07 bits per heavy atom. The normalized spacial score (nSPS) is 12.5. The Labute approximate surface area is 160 Å². The van der Waals surface area contributed by atoms with Crippen LogP contribution in [0.1, 0.15) is 31.8 Å². The summed E-state index contributed by atoms with van der Waals surface area (Å²) < 4.78 is 9.68. The van der Waals surface area contributed by atoms with Gasteiger partial charge in [0.05, 0.1) is 11.1 Å². The van der Waals surface area contributed by atoms with E-state index in [9.17, 15) is 29.4 Å². The first-order chi connectivity index (χ1) is 13.2. The number of carboxylic acids is 2. The first-order valence-corrected chi connectivity index (χ1v) is 8.20. The zero-order valence-corrected chi connectivity index (χ0v) is 15.1. The second-order valence-corrected chi connectivity index (χ2v) is 6.07. The summed E-state index contributed by atoms with van der Waals surface area (Å²) in [5.41, 5.74) is 1.53. The fourth-order valence-electron chi connectivity index (χ4n) is 2.39. The summed E-state index contributed by atoms with van der Waals surface area (Å²) in [4.78, 5) is 47.5. The molecule has 2 atom stereocenters. The predicted octanol–water partition coefficient (Wildman–Crippen LogP) is 2.22. The Morgan fingerprint density at radius 1 is 0.714 bits per heavy atom. The summed E-state index contributed by atoms with van der Waals surface area (Å²) in [7, 11) is 0. The van der Waals surface area contributed by atoms with E-state index < -0.39 is 36.1 Å². The van der Waals surface area contributed by atoms with E-state index in [2.05, 4.69) is 0 Å². The van der Waals surface area contributed by atoms with Crippen molar-refractivity contribution in [2.75, 3.05) is 0 Å². The summed E-state index contributed by atoms with van der Waals surface area (Å²) in [6.45, 7) is 3.43. The summed E-state index contributed by atoms with van der Waals surface area (Å²) in [6, 6.07) is 12.3. The van der Waals surface area contributed by atoms with Crippen LogP contribution >= 0.6 is 0 Å². The Morgan fingerprint density at radius 3 is 1.36 bits per heavy atom. The average Bonchev–Trinajstić information content (AvgIpc) is 2.63. The van der Waals surface area contributed by atoms with Crippen molar-refractivity contribution >= 4 is 23.9 Å². The molecular weight excluding hydrogens is 368 g/mol. The number of esters is 2. The van der Waals surface area contributed by atoms with Crippen molar-refractivity contribution in [3.63, 3.8) is 0 Å². The molecule has 0 aromatic heterocycles. The summed E-state index contributed by atoms with van der Waals surface area (Å²) >= 11 is 0. The smallest absolute Gasteiger partial charge is 0.349 e. The zero-order valence-electron chi connectivity index (χ0n) is 15.1. The van der Waals surface area contributed by atoms with Crippen LogP contribution in [0.15, 0.2) is 48.5 Å². The van der Waals surface area contributed by atoms with E-state index in [0.29, 0.717) is 0 Å². The number of benzene rings is 2. The fourth-order valence-corrected chi connectivity index (χ4v) is 2.39. The number of carbonyl (C=O) groups excluding carboxylic acids is 2. The van der Waals surface area contributed by atoms with Gasteiger partial charge in [-0.2, -0.15) is 0 Å². The van der Waals surface area contributed by atoms with Crippen LogP contribution in [0, 0.1) is 13.8 Å². The lowest BCUT2D eigenvalue weighted by atomic mass is 10.1. The van der Waals surface area contributed by atoms with Crippen molar-refractivity contribution in [3.05, 3.63) is 70.8 Å². The molecule has 0 aliphatic carbocycles. The maximum atomic E-state index is 12.2. The largest absolute Gasteiger partial charge is 0.478 e. The molecule has 2 rings (SSSR count). The van der Waals surface area contributed by atoms with Gasteiger partial charge in [0.15, 0.2) is 0 Å². The Bertz CT molecular complexity index is 842. The van der Waals surface area contributed by atoms with Crippen LogP contribution in [0.3, 0.4) is 0 Å². The molecule has 0 saturated heterocycles. The van der Waals surface area contributed by atoms with E-state index in [1.54, 1.807) is 38.1 Å². The lowest BCUT2D eigenvalue weighted by Crippen LogP contribution is -2.45. The van der Waals surface area contributed by atoms with Gasteiger partial charge in [0.25, 0.3) is 0 Å². The van der Waals surface area contributed by atoms with Crippen LogP contribution in [0.2, 0.25) is 0 Å². The quantitative estimate of drug-likeness (QED) is 0.694. The number of carbonyl (C=O) groups is 4. The molecule has 0 saturated carbocycles. The third-order valence-corrected chi connectivity index (χ3v) is 3.74. The summed E-state index contributed by atoms with van der Waals surface area (Å²) in [5, 5.41) is 18.7. The second kappa shape index (κ2) is 8.81. The van der Waals surface area contributed by atoms with Gasteiger partial charge in [-0.1, -0.05) is 35.4 Å². The molecule has 2 aromatic carbocycles. The molecule has 146 valence electrons. The molecule has 0 radical (unpaired) electrons. The van der Waals surface area contributed by atoms with Gasteiger partial charge in [0, 0.05) is 0 Å². The van der Waals surface area contributed by atoms with E-state index in [1.165, 1.54) is 24.3 Å². The molecule has 0 fully saturated rings. The summed E-state index contributed by atoms with van der Waals surface area (Å²) in [5.74, 6) is -5.61. The van der Waals surface area contributed by atoms with Crippen molar-refractivity contribution in [2.45, 2.75) is 26.1 Å². The van der Waals surface area contributed by atoms with Crippen molar-refractivity contribution < 1.29 is 38.9 Å². The van der Waals surface area contributed by atoms with Crippen LogP contribution in [-0.4, -0.2) is 46.3 Å². The molecule has 2 aromatic rings. The number of rotatable bonds is 7. The van der Waals surface area contributed by atoms with Crippen LogP contribution < -0.4 is 0 Å². The maximum absolute atomic E-state index is 12.2. The van der Waals surface area contributed by atoms with E-state index in [-0.39, 0.29) is 11.1 Å². The van der Waals surface area contributed by atoms with Gasteiger partial charge < -0.3 is 19.7 Å². The van der Waals surface area contributed by atoms with Crippen LogP contribution in [0.4, 0.5) is 0 Å². The molecular formula is C20H18O8. The van der Waals surface area contributed by atoms with Crippen molar-refractivity contribution in [1.82, 2.24) is 0 Å². The lowest BCUT2D eigenvalue weighted by molar-refractivity contribution is -0.166. The number of hydrogen-bond acceptors (Lipinski definition) is 6. The first-order valence-electron chi connectivity index (χ1n) is 8.20. The van der Waals surface area contributed by atoms with Crippen molar-refractivity contribution in [1.29, 1.82) is 0 Å². The standard InChI is InChI=1S/C20H18O8/c1-11-5-3-7-13(9-11)19(25)27-15(17(21)22)16(18(23)24)28-20(26)14-8-4-6-12(2)10-14/h3-10,15-16H,1-2H3,(H,21,22)(H,23,24). The maximum Gasteiger partial charge on any atom is 0.349 e. The van der Waals surface area contributed by atoms with Crippen molar-refractivity contribution in [3.8, 4) is 0 Å². The van der Waals surface area contributed by atoms with E-state index >= 15 is 0 Å². The third kappa shape index (κ3) is 5.16. The molecule has 2 N–H and O–H groups in total. The molecule has 8 nitrogen and oxygen atoms in total. The molecule has 0 aliphatic heterocycles. The molecule has 28 heavy (non-hydrogen) atoms. The van der Waals surface area contributed by atoms with E-state index in [1.807, 2.05) is 0 Å². The highest BCUT2D eigenvalue weighted by Gasteiger charge is 2.41. The van der Waals surface area contributed by atoms with Gasteiger partial charge >= 0.3 is 23.9 Å². The minimum absolute atomic E-state index is 0.0420. The van der Waals surface area contributed by atoms with E-state index in [0.717, 1.165) is 11.1 Å². The molecule has 0 bridgehead atoms. The van der Waals surface area contributed by atoms with Gasteiger partial charge in [0.1, 0.15) is 0 Å². The van der Waals surface area contributed by atoms with Crippen molar-refractivity contribution in [2.24, 2.45) is 0 Å². The highest BCUT2D eigenvalue weighted by Crippen LogP contribution is 2.14. The SMILES string of the molecule is Cc1cccc(C(=O)OC(C(=O)O)C(OC(=O)c2cccc(C)c2)C(=O)O)c1. The zero-order chi connectivity index (χ0) is 20.8. The monoisotopic (exact) mass is 386 g/mol. The van der Waals surface area contributed by atoms with Crippen LogP contribution in [-0.2, 0) is 19.1 Å². The topological polar surface area (TPSA) is 127 Å². The highest BCUT2D eigenvalue weighted by atomic mass is 16.6. The number of aliphatic carboxylic acids is 2.